The Bertz CT molecular complexity index is 203. The van der Waals surface area contributed by atoms with Crippen LogP contribution in [0.25, 0.3) is 0 Å². The second-order valence-electron chi connectivity index (χ2n) is 4.13. The van der Waals surface area contributed by atoms with Crippen molar-refractivity contribution in [2.24, 2.45) is 11.8 Å². The van der Waals surface area contributed by atoms with Crippen molar-refractivity contribution in [1.29, 1.82) is 0 Å². The number of hydrogen-bond acceptors (Lipinski definition) is 4. The fraction of sp³-hybridized carbons (Fsp3) is 0.909. The van der Waals surface area contributed by atoms with Crippen LogP contribution in [0.1, 0.15) is 27.2 Å². The van der Waals surface area contributed by atoms with Crippen molar-refractivity contribution in [3.63, 3.8) is 0 Å². The first-order valence-electron chi connectivity index (χ1n) is 5.22. The van der Waals surface area contributed by atoms with Crippen LogP contribution in [0.4, 0.5) is 0 Å². The van der Waals surface area contributed by atoms with Gasteiger partial charge >= 0.3 is 5.97 Å². The maximum atomic E-state index is 11.6. The number of carbonyl (C=O) groups is 1. The molecule has 0 heterocycles. The standard InChI is InChI=1S/C11H22O4/c1-6-11(13,7-14-4)9(8(2)3)10(12)15-5/h8-9,13H,6-7H2,1-5H3. The topological polar surface area (TPSA) is 55.8 Å². The molecule has 0 bridgehead atoms. The fourth-order valence-electron chi connectivity index (χ4n) is 1.90. The van der Waals surface area contributed by atoms with E-state index in [0.717, 1.165) is 0 Å². The van der Waals surface area contributed by atoms with E-state index in [1.807, 2.05) is 20.8 Å². The minimum absolute atomic E-state index is 0.0116. The molecule has 0 aliphatic heterocycles. The maximum Gasteiger partial charge on any atom is 0.311 e. The van der Waals surface area contributed by atoms with Crippen molar-refractivity contribution in [2.45, 2.75) is 32.8 Å². The van der Waals surface area contributed by atoms with Gasteiger partial charge in [0.1, 0.15) is 5.60 Å². The first-order valence-corrected chi connectivity index (χ1v) is 5.22. The highest BCUT2D eigenvalue weighted by Crippen LogP contribution is 2.29. The zero-order valence-electron chi connectivity index (χ0n) is 10.2. The Hall–Kier alpha value is -0.610. The molecule has 0 aliphatic carbocycles. The molecule has 4 heteroatoms. The Morgan fingerprint density at radius 2 is 1.93 bits per heavy atom. The van der Waals surface area contributed by atoms with Crippen LogP contribution in [-0.4, -0.2) is 37.5 Å². The lowest BCUT2D eigenvalue weighted by molar-refractivity contribution is -0.165. The van der Waals surface area contributed by atoms with Crippen LogP contribution in [0.2, 0.25) is 0 Å². The Morgan fingerprint density at radius 1 is 1.40 bits per heavy atom. The lowest BCUT2D eigenvalue weighted by Crippen LogP contribution is -2.48. The lowest BCUT2D eigenvalue weighted by Gasteiger charge is -2.35. The summed E-state index contributed by atoms with van der Waals surface area (Å²) in [6.45, 7) is 5.74. The highest BCUT2D eigenvalue weighted by molar-refractivity contribution is 5.74. The van der Waals surface area contributed by atoms with Gasteiger partial charge in [0, 0.05) is 7.11 Å². The predicted octanol–water partition coefficient (Wildman–Crippen LogP) is 1.22. The summed E-state index contributed by atoms with van der Waals surface area (Å²) < 4.78 is 9.68. The van der Waals surface area contributed by atoms with Crippen molar-refractivity contribution >= 4 is 5.97 Å². The molecule has 0 aliphatic rings. The molecular weight excluding hydrogens is 196 g/mol. The molecule has 0 radical (unpaired) electrons. The van der Waals surface area contributed by atoms with Gasteiger partial charge in [0.25, 0.3) is 0 Å². The summed E-state index contributed by atoms with van der Waals surface area (Å²) in [4.78, 5) is 11.6. The Labute approximate surface area is 91.6 Å². The molecule has 0 rings (SSSR count). The van der Waals surface area contributed by atoms with Crippen LogP contribution in [0.3, 0.4) is 0 Å². The number of ether oxygens (including phenoxy) is 2. The van der Waals surface area contributed by atoms with Crippen LogP contribution >= 0.6 is 0 Å². The molecule has 0 aromatic heterocycles. The third kappa shape index (κ3) is 3.47. The summed E-state index contributed by atoms with van der Waals surface area (Å²) in [6, 6.07) is 0. The number of methoxy groups -OCH3 is 2. The van der Waals surface area contributed by atoms with Gasteiger partial charge in [0.15, 0.2) is 0 Å². The Balaban J connectivity index is 4.92. The van der Waals surface area contributed by atoms with Gasteiger partial charge in [-0.2, -0.15) is 0 Å². The third-order valence-corrected chi connectivity index (χ3v) is 2.71. The molecule has 0 saturated heterocycles. The molecule has 0 amide bonds. The Kier molecular flexibility index (Phi) is 5.83. The molecule has 0 spiro atoms. The molecule has 0 aromatic carbocycles. The van der Waals surface area contributed by atoms with E-state index in [-0.39, 0.29) is 18.5 Å². The molecular formula is C11H22O4. The van der Waals surface area contributed by atoms with E-state index < -0.39 is 11.5 Å². The number of rotatable bonds is 6. The molecule has 90 valence electrons. The summed E-state index contributed by atoms with van der Waals surface area (Å²) in [6.07, 6.45) is 0.457. The number of aliphatic hydroxyl groups is 1. The maximum absolute atomic E-state index is 11.6. The summed E-state index contributed by atoms with van der Waals surface area (Å²) in [5.74, 6) is -0.920. The third-order valence-electron chi connectivity index (χ3n) is 2.71. The minimum Gasteiger partial charge on any atom is -0.469 e. The van der Waals surface area contributed by atoms with Crippen molar-refractivity contribution in [2.75, 3.05) is 20.8 Å². The highest BCUT2D eigenvalue weighted by atomic mass is 16.5. The zero-order chi connectivity index (χ0) is 12.1. The summed E-state index contributed by atoms with van der Waals surface area (Å²) in [5.41, 5.74) is -1.14. The van der Waals surface area contributed by atoms with E-state index >= 15 is 0 Å². The second kappa shape index (κ2) is 6.08. The van der Waals surface area contributed by atoms with Gasteiger partial charge in [-0.15, -0.1) is 0 Å². The first kappa shape index (κ1) is 14.4. The van der Waals surface area contributed by atoms with Crippen molar-refractivity contribution < 1.29 is 19.4 Å². The van der Waals surface area contributed by atoms with Crippen molar-refractivity contribution in [1.82, 2.24) is 0 Å². The van der Waals surface area contributed by atoms with Gasteiger partial charge in [-0.3, -0.25) is 4.79 Å². The average molecular weight is 218 g/mol. The molecule has 1 N–H and O–H groups in total. The van der Waals surface area contributed by atoms with E-state index in [1.54, 1.807) is 0 Å². The number of hydrogen-bond donors (Lipinski definition) is 1. The number of carbonyl (C=O) groups excluding carboxylic acids is 1. The highest BCUT2D eigenvalue weighted by Gasteiger charge is 2.42. The van der Waals surface area contributed by atoms with E-state index in [9.17, 15) is 9.90 Å². The minimum atomic E-state index is -1.14. The van der Waals surface area contributed by atoms with Gasteiger partial charge in [-0.05, 0) is 12.3 Å². The SMILES string of the molecule is CCC(O)(COC)C(C(=O)OC)C(C)C. The largest absolute Gasteiger partial charge is 0.469 e. The molecule has 4 nitrogen and oxygen atoms in total. The average Bonchev–Trinajstić information content (AvgIpc) is 2.17. The molecule has 0 aromatic rings. The molecule has 0 saturated carbocycles. The monoisotopic (exact) mass is 218 g/mol. The summed E-state index contributed by atoms with van der Waals surface area (Å²) in [5, 5.41) is 10.3. The second-order valence-corrected chi connectivity index (χ2v) is 4.13. The van der Waals surface area contributed by atoms with Gasteiger partial charge < -0.3 is 14.6 Å². The molecule has 15 heavy (non-hydrogen) atoms. The lowest BCUT2D eigenvalue weighted by atomic mass is 9.78. The fourth-order valence-corrected chi connectivity index (χ4v) is 1.90. The van der Waals surface area contributed by atoms with E-state index in [4.69, 9.17) is 9.47 Å². The van der Waals surface area contributed by atoms with Gasteiger partial charge in [-0.1, -0.05) is 20.8 Å². The predicted molar refractivity (Wildman–Crippen MR) is 57.5 cm³/mol. The van der Waals surface area contributed by atoms with Crippen LogP contribution in [0.15, 0.2) is 0 Å². The molecule has 2 atom stereocenters. The van der Waals surface area contributed by atoms with Crippen LogP contribution in [0.5, 0.6) is 0 Å². The first-order chi connectivity index (χ1) is 6.92. The van der Waals surface area contributed by atoms with Gasteiger partial charge in [0.2, 0.25) is 0 Å². The normalized spacial score (nSPS) is 17.3. The van der Waals surface area contributed by atoms with Crippen molar-refractivity contribution in [3.05, 3.63) is 0 Å². The van der Waals surface area contributed by atoms with Gasteiger partial charge in [0.05, 0.1) is 19.6 Å². The van der Waals surface area contributed by atoms with Gasteiger partial charge in [-0.25, -0.2) is 0 Å². The quantitative estimate of drug-likeness (QED) is 0.681. The van der Waals surface area contributed by atoms with Crippen LogP contribution < -0.4 is 0 Å². The van der Waals surface area contributed by atoms with E-state index in [0.29, 0.717) is 6.42 Å². The van der Waals surface area contributed by atoms with Crippen molar-refractivity contribution in [3.8, 4) is 0 Å². The summed E-state index contributed by atoms with van der Waals surface area (Å²) in [7, 11) is 2.84. The van der Waals surface area contributed by atoms with Crippen LogP contribution in [-0.2, 0) is 14.3 Å². The molecule has 2 unspecified atom stereocenters. The molecule has 0 fully saturated rings. The van der Waals surface area contributed by atoms with E-state index in [1.165, 1.54) is 14.2 Å². The summed E-state index contributed by atoms with van der Waals surface area (Å²) >= 11 is 0. The van der Waals surface area contributed by atoms with Crippen LogP contribution in [0, 0.1) is 11.8 Å². The smallest absolute Gasteiger partial charge is 0.311 e. The zero-order valence-corrected chi connectivity index (χ0v) is 10.2. The Morgan fingerprint density at radius 3 is 2.20 bits per heavy atom. The number of esters is 1. The van der Waals surface area contributed by atoms with E-state index in [2.05, 4.69) is 0 Å².